The van der Waals surface area contributed by atoms with Gasteiger partial charge in [-0.05, 0) is 13.0 Å². The molecule has 0 amide bonds. The Kier molecular flexibility index (Phi) is 4.68. The maximum Gasteiger partial charge on any atom is 0.270 e. The van der Waals surface area contributed by atoms with E-state index in [4.69, 9.17) is 9.47 Å². The number of nitrogens with zero attached hydrogens (tertiary/aromatic N) is 3. The zero-order chi connectivity index (χ0) is 17.1. The molecule has 0 N–H and O–H groups in total. The van der Waals surface area contributed by atoms with Gasteiger partial charge in [-0.2, -0.15) is 0 Å². The first-order chi connectivity index (χ1) is 11.6. The third-order valence-electron chi connectivity index (χ3n) is 3.38. The highest BCUT2D eigenvalue weighted by atomic mass is 32.1. The summed E-state index contributed by atoms with van der Waals surface area (Å²) >= 11 is 1.47. The van der Waals surface area contributed by atoms with Crippen molar-refractivity contribution in [3.05, 3.63) is 46.1 Å². The summed E-state index contributed by atoms with van der Waals surface area (Å²) in [5.41, 5.74) is 3.08. The van der Waals surface area contributed by atoms with E-state index >= 15 is 0 Å². The van der Waals surface area contributed by atoms with Gasteiger partial charge in [-0.15, -0.1) is 11.3 Å². The number of thiazole rings is 1. The maximum atomic E-state index is 11.1. The summed E-state index contributed by atoms with van der Waals surface area (Å²) < 4.78 is 11.0. The molecule has 3 rings (SSSR count). The summed E-state index contributed by atoms with van der Waals surface area (Å²) in [7, 11) is 1.60. The van der Waals surface area contributed by atoms with E-state index in [1.165, 1.54) is 23.5 Å². The highest BCUT2D eigenvalue weighted by Crippen LogP contribution is 2.34. The molecule has 8 heteroatoms. The molecule has 2 aromatic heterocycles. The molecule has 0 saturated carbocycles. The summed E-state index contributed by atoms with van der Waals surface area (Å²) in [5, 5.41) is 11.6. The van der Waals surface area contributed by atoms with Gasteiger partial charge in [-0.25, -0.2) is 4.98 Å². The van der Waals surface area contributed by atoms with E-state index in [9.17, 15) is 10.1 Å². The number of pyridine rings is 1. The Morgan fingerprint density at radius 2 is 2.21 bits per heavy atom. The molecule has 1 aromatic carbocycles. The van der Waals surface area contributed by atoms with E-state index in [0.29, 0.717) is 23.3 Å². The molecular formula is C16H15N3O4S. The lowest BCUT2D eigenvalue weighted by atomic mass is 10.1. The molecule has 124 valence electrons. The van der Waals surface area contributed by atoms with Crippen molar-refractivity contribution in [3.8, 4) is 16.3 Å². The number of rotatable bonds is 6. The zero-order valence-corrected chi connectivity index (χ0v) is 13.9. The van der Waals surface area contributed by atoms with Gasteiger partial charge in [-0.1, -0.05) is 0 Å². The number of non-ortho nitro benzene ring substituents is 1. The number of hydrogen-bond acceptors (Lipinski definition) is 7. The normalized spacial score (nSPS) is 12.2. The van der Waals surface area contributed by atoms with Gasteiger partial charge in [0.15, 0.2) is 0 Å². The fraction of sp³-hybridized carbons (Fsp3) is 0.250. The molecule has 1 atom stereocenters. The topological polar surface area (TPSA) is 87.4 Å². The number of benzene rings is 1. The first-order valence-electron chi connectivity index (χ1n) is 7.22. The maximum absolute atomic E-state index is 11.1. The van der Waals surface area contributed by atoms with Crippen LogP contribution in [-0.4, -0.2) is 34.7 Å². The molecule has 0 saturated heterocycles. The fourth-order valence-corrected chi connectivity index (χ4v) is 2.93. The molecule has 2 heterocycles. The Hall–Kier alpha value is -2.58. The minimum absolute atomic E-state index is 0.000847. The van der Waals surface area contributed by atoms with Crippen LogP contribution in [0.15, 0.2) is 36.0 Å². The van der Waals surface area contributed by atoms with Crippen LogP contribution in [0.5, 0.6) is 5.75 Å². The Labute approximate surface area is 142 Å². The minimum Gasteiger partial charge on any atom is -0.488 e. The third kappa shape index (κ3) is 3.34. The van der Waals surface area contributed by atoms with Gasteiger partial charge in [0.1, 0.15) is 11.9 Å². The van der Waals surface area contributed by atoms with Gasteiger partial charge >= 0.3 is 0 Å². The molecule has 0 aliphatic rings. The lowest BCUT2D eigenvalue weighted by Gasteiger charge is -2.16. The number of fused-ring (bicyclic) bond motifs is 1. The van der Waals surface area contributed by atoms with Crippen LogP contribution in [0.2, 0.25) is 0 Å². The summed E-state index contributed by atoms with van der Waals surface area (Å²) in [4.78, 5) is 20.2. The van der Waals surface area contributed by atoms with Crippen LogP contribution in [0, 0.1) is 10.1 Å². The second-order valence-corrected chi connectivity index (χ2v) is 6.10. The molecule has 0 bridgehead atoms. The summed E-state index contributed by atoms with van der Waals surface area (Å²) in [5.74, 6) is 0.539. The summed E-state index contributed by atoms with van der Waals surface area (Å²) in [6, 6.07) is 6.33. The van der Waals surface area contributed by atoms with Crippen molar-refractivity contribution in [1.82, 2.24) is 9.97 Å². The van der Waals surface area contributed by atoms with Crippen molar-refractivity contribution in [3.63, 3.8) is 0 Å². The molecule has 0 unspecified atom stereocenters. The quantitative estimate of drug-likeness (QED) is 0.500. The number of hydrogen-bond donors (Lipinski definition) is 0. The summed E-state index contributed by atoms with van der Waals surface area (Å²) in [6.07, 6.45) is 1.53. The van der Waals surface area contributed by atoms with Crippen molar-refractivity contribution in [2.24, 2.45) is 0 Å². The van der Waals surface area contributed by atoms with Crippen LogP contribution in [0.1, 0.15) is 6.92 Å². The Bertz CT molecular complexity index is 867. The van der Waals surface area contributed by atoms with Crippen LogP contribution < -0.4 is 4.74 Å². The SMILES string of the molecule is COC[C@H](C)Oc1cc(-c2cncs2)nc2ccc([N+](=O)[O-])cc12. The first kappa shape index (κ1) is 16.3. The van der Waals surface area contributed by atoms with E-state index in [-0.39, 0.29) is 11.8 Å². The van der Waals surface area contributed by atoms with Gasteiger partial charge in [0.2, 0.25) is 0 Å². The molecule has 7 nitrogen and oxygen atoms in total. The number of methoxy groups -OCH3 is 1. The standard InChI is InChI=1S/C16H15N3O4S/c1-10(8-22-2)23-15-6-14(16-7-17-9-24-16)18-13-4-3-11(19(20)21)5-12(13)15/h3-7,9-10H,8H2,1-2H3/t10-/m0/s1. The Morgan fingerprint density at radius 1 is 1.38 bits per heavy atom. The molecule has 0 spiro atoms. The van der Waals surface area contributed by atoms with Crippen LogP contribution in [0.25, 0.3) is 21.5 Å². The van der Waals surface area contributed by atoms with Gasteiger partial charge < -0.3 is 9.47 Å². The van der Waals surface area contributed by atoms with Crippen molar-refractivity contribution >= 4 is 27.9 Å². The van der Waals surface area contributed by atoms with E-state index in [0.717, 1.165) is 10.6 Å². The van der Waals surface area contributed by atoms with Crippen molar-refractivity contribution in [1.29, 1.82) is 0 Å². The molecule has 24 heavy (non-hydrogen) atoms. The minimum atomic E-state index is -0.432. The average molecular weight is 345 g/mol. The molecular weight excluding hydrogens is 330 g/mol. The average Bonchev–Trinajstić information content (AvgIpc) is 3.09. The van der Waals surface area contributed by atoms with E-state index in [2.05, 4.69) is 9.97 Å². The highest BCUT2D eigenvalue weighted by Gasteiger charge is 2.15. The number of ether oxygens (including phenoxy) is 2. The molecule has 3 aromatic rings. The highest BCUT2D eigenvalue weighted by molar-refractivity contribution is 7.13. The number of aromatic nitrogens is 2. The Morgan fingerprint density at radius 3 is 2.88 bits per heavy atom. The van der Waals surface area contributed by atoms with Crippen molar-refractivity contribution < 1.29 is 14.4 Å². The number of nitro benzene ring substituents is 1. The van der Waals surface area contributed by atoms with Crippen LogP contribution in [-0.2, 0) is 4.74 Å². The molecule has 0 fully saturated rings. The predicted molar refractivity (Wildman–Crippen MR) is 91.5 cm³/mol. The second-order valence-electron chi connectivity index (χ2n) is 5.21. The van der Waals surface area contributed by atoms with Gasteiger partial charge in [0.25, 0.3) is 5.69 Å². The fourth-order valence-electron chi connectivity index (χ4n) is 2.35. The zero-order valence-electron chi connectivity index (χ0n) is 13.1. The van der Waals surface area contributed by atoms with Crippen molar-refractivity contribution in [2.75, 3.05) is 13.7 Å². The second kappa shape index (κ2) is 6.90. The largest absolute Gasteiger partial charge is 0.488 e. The van der Waals surface area contributed by atoms with Crippen molar-refractivity contribution in [2.45, 2.75) is 13.0 Å². The third-order valence-corrected chi connectivity index (χ3v) is 4.18. The van der Waals surface area contributed by atoms with Crippen LogP contribution >= 0.6 is 11.3 Å². The number of nitro groups is 1. The van der Waals surface area contributed by atoms with E-state index in [1.54, 1.807) is 30.9 Å². The lowest BCUT2D eigenvalue weighted by molar-refractivity contribution is -0.384. The summed E-state index contributed by atoms with van der Waals surface area (Å²) in [6.45, 7) is 2.29. The Balaban J connectivity index is 2.14. The van der Waals surface area contributed by atoms with Gasteiger partial charge in [0.05, 0.1) is 33.1 Å². The molecule has 0 radical (unpaired) electrons. The van der Waals surface area contributed by atoms with Gasteiger partial charge in [0, 0.05) is 36.9 Å². The molecule has 0 aliphatic heterocycles. The van der Waals surface area contributed by atoms with E-state index < -0.39 is 4.92 Å². The van der Waals surface area contributed by atoms with E-state index in [1.807, 2.05) is 6.92 Å². The van der Waals surface area contributed by atoms with Crippen LogP contribution in [0.3, 0.4) is 0 Å². The lowest BCUT2D eigenvalue weighted by Crippen LogP contribution is -2.18. The predicted octanol–water partition coefficient (Wildman–Crippen LogP) is 3.68. The smallest absolute Gasteiger partial charge is 0.270 e. The monoisotopic (exact) mass is 345 g/mol. The molecule has 0 aliphatic carbocycles. The first-order valence-corrected chi connectivity index (χ1v) is 8.10. The van der Waals surface area contributed by atoms with Gasteiger partial charge in [-0.3, -0.25) is 15.1 Å². The van der Waals surface area contributed by atoms with Crippen LogP contribution in [0.4, 0.5) is 5.69 Å².